The Morgan fingerprint density at radius 3 is 2.53 bits per heavy atom. The van der Waals surface area contributed by atoms with E-state index in [1.807, 2.05) is 0 Å². The van der Waals surface area contributed by atoms with Gasteiger partial charge in [0.25, 0.3) is 0 Å². The Balaban J connectivity index is 1.99. The molecule has 0 amide bonds. The van der Waals surface area contributed by atoms with Crippen molar-refractivity contribution in [2.24, 2.45) is 0 Å². The molecule has 1 aliphatic heterocycles. The van der Waals surface area contributed by atoms with Gasteiger partial charge in [-0.15, -0.1) is 0 Å². The van der Waals surface area contributed by atoms with Gasteiger partial charge in [0.1, 0.15) is 6.10 Å². The van der Waals surface area contributed by atoms with E-state index >= 15 is 0 Å². The van der Waals surface area contributed by atoms with Gasteiger partial charge in [-0.05, 0) is 19.4 Å². The quantitative estimate of drug-likeness (QED) is 0.866. The summed E-state index contributed by atoms with van der Waals surface area (Å²) in [4.78, 5) is 0. The summed E-state index contributed by atoms with van der Waals surface area (Å²) < 4.78 is 10.8. The van der Waals surface area contributed by atoms with Gasteiger partial charge in [-0.3, -0.25) is 0 Å². The van der Waals surface area contributed by atoms with Gasteiger partial charge in [-0.1, -0.05) is 29.3 Å². The van der Waals surface area contributed by atoms with Gasteiger partial charge < -0.3 is 14.6 Å². The number of aryl methyl sites for hydroxylation is 2. The molecule has 0 aliphatic carbocycles. The maximum Gasteiger partial charge on any atom is 0.107 e. The first-order chi connectivity index (χ1) is 8.15. The van der Waals surface area contributed by atoms with Crippen molar-refractivity contribution in [2.45, 2.75) is 32.5 Å². The van der Waals surface area contributed by atoms with Crippen molar-refractivity contribution in [2.75, 3.05) is 19.8 Å². The third-order valence-corrected chi connectivity index (χ3v) is 3.00. The van der Waals surface area contributed by atoms with Crippen molar-refractivity contribution in [1.29, 1.82) is 0 Å². The minimum absolute atomic E-state index is 0.190. The Kier molecular flexibility index (Phi) is 4.15. The molecule has 94 valence electrons. The average Bonchev–Trinajstić information content (AvgIpc) is 2.28. The predicted octanol–water partition coefficient (Wildman–Crippen LogP) is 1.62. The van der Waals surface area contributed by atoms with Crippen LogP contribution in [0.5, 0.6) is 0 Å². The molecule has 3 heteroatoms. The molecule has 1 aromatic carbocycles. The molecule has 0 spiro atoms. The third kappa shape index (κ3) is 3.53. The highest BCUT2D eigenvalue weighted by molar-refractivity contribution is 5.29. The fraction of sp³-hybridized carbons (Fsp3) is 0.571. The van der Waals surface area contributed by atoms with Gasteiger partial charge in [-0.25, -0.2) is 0 Å². The molecule has 17 heavy (non-hydrogen) atoms. The third-order valence-electron chi connectivity index (χ3n) is 3.00. The molecule has 1 aromatic rings. The van der Waals surface area contributed by atoms with Crippen LogP contribution < -0.4 is 0 Å². The molecule has 0 radical (unpaired) electrons. The van der Waals surface area contributed by atoms with Crippen LogP contribution >= 0.6 is 0 Å². The lowest BCUT2D eigenvalue weighted by Gasteiger charge is -2.27. The molecule has 1 heterocycles. The second kappa shape index (κ2) is 5.63. The molecule has 1 aliphatic rings. The minimum Gasteiger partial charge on any atom is -0.390 e. The zero-order chi connectivity index (χ0) is 12.3. The van der Waals surface area contributed by atoms with Gasteiger partial charge in [0.05, 0.1) is 25.9 Å². The molecule has 2 rings (SSSR count). The largest absolute Gasteiger partial charge is 0.390 e. The van der Waals surface area contributed by atoms with Crippen LogP contribution in [0.25, 0.3) is 0 Å². The number of aliphatic hydroxyl groups excluding tert-OH is 1. The smallest absolute Gasteiger partial charge is 0.107 e. The summed E-state index contributed by atoms with van der Waals surface area (Å²) in [7, 11) is 0. The van der Waals surface area contributed by atoms with E-state index in [2.05, 4.69) is 32.0 Å². The molecular weight excluding hydrogens is 216 g/mol. The number of hydrogen-bond donors (Lipinski definition) is 1. The summed E-state index contributed by atoms with van der Waals surface area (Å²) in [5, 5.41) is 10.1. The molecule has 1 N–H and O–H groups in total. The summed E-state index contributed by atoms with van der Waals surface area (Å²) in [6, 6.07) is 6.36. The van der Waals surface area contributed by atoms with Crippen molar-refractivity contribution < 1.29 is 14.6 Å². The van der Waals surface area contributed by atoms with Gasteiger partial charge in [0, 0.05) is 6.42 Å². The molecule has 0 bridgehead atoms. The molecule has 2 unspecified atom stereocenters. The zero-order valence-corrected chi connectivity index (χ0v) is 10.5. The van der Waals surface area contributed by atoms with E-state index in [1.54, 1.807) is 0 Å². The predicted molar refractivity (Wildman–Crippen MR) is 66.2 cm³/mol. The highest BCUT2D eigenvalue weighted by Crippen LogP contribution is 2.14. The lowest BCUT2D eigenvalue weighted by Crippen LogP contribution is -2.39. The number of rotatable bonds is 3. The Bertz CT molecular complexity index is 349. The lowest BCUT2D eigenvalue weighted by atomic mass is 10.00. The van der Waals surface area contributed by atoms with Crippen LogP contribution in [0, 0.1) is 13.8 Å². The molecule has 3 nitrogen and oxygen atoms in total. The normalized spacial score (nSPS) is 22.4. The van der Waals surface area contributed by atoms with Crippen LogP contribution in [0.3, 0.4) is 0 Å². The second-order valence-corrected chi connectivity index (χ2v) is 4.75. The maximum atomic E-state index is 10.1. The van der Waals surface area contributed by atoms with Crippen LogP contribution in [-0.4, -0.2) is 37.1 Å². The van der Waals surface area contributed by atoms with Crippen LogP contribution in [0.2, 0.25) is 0 Å². The molecule has 1 saturated heterocycles. The van der Waals surface area contributed by atoms with Crippen molar-refractivity contribution in [3.05, 3.63) is 34.9 Å². The van der Waals surface area contributed by atoms with E-state index in [9.17, 15) is 5.11 Å². The van der Waals surface area contributed by atoms with Crippen LogP contribution in [0.15, 0.2) is 18.2 Å². The first kappa shape index (κ1) is 12.6. The van der Waals surface area contributed by atoms with E-state index in [0.29, 0.717) is 26.2 Å². The Hall–Kier alpha value is -0.900. The summed E-state index contributed by atoms with van der Waals surface area (Å²) >= 11 is 0. The second-order valence-electron chi connectivity index (χ2n) is 4.75. The van der Waals surface area contributed by atoms with E-state index in [1.165, 1.54) is 11.1 Å². The fourth-order valence-corrected chi connectivity index (χ4v) is 2.29. The fourth-order valence-electron chi connectivity index (χ4n) is 2.29. The van der Waals surface area contributed by atoms with Gasteiger partial charge in [-0.2, -0.15) is 0 Å². The summed E-state index contributed by atoms with van der Waals surface area (Å²) in [5.74, 6) is 0. The SMILES string of the molecule is Cc1cc(C)cc(CC(O)C2COCCO2)c1. The van der Waals surface area contributed by atoms with Crippen molar-refractivity contribution >= 4 is 0 Å². The zero-order valence-electron chi connectivity index (χ0n) is 10.5. The summed E-state index contributed by atoms with van der Waals surface area (Å²) in [5.41, 5.74) is 3.62. The van der Waals surface area contributed by atoms with Crippen molar-refractivity contribution in [3.8, 4) is 0 Å². The highest BCUT2D eigenvalue weighted by atomic mass is 16.6. The Morgan fingerprint density at radius 1 is 1.24 bits per heavy atom. The Morgan fingerprint density at radius 2 is 1.94 bits per heavy atom. The molecular formula is C14H20O3. The van der Waals surface area contributed by atoms with Gasteiger partial charge in [0.2, 0.25) is 0 Å². The van der Waals surface area contributed by atoms with Crippen molar-refractivity contribution in [3.63, 3.8) is 0 Å². The summed E-state index contributed by atoms with van der Waals surface area (Å²) in [6.07, 6.45) is -0.0580. The van der Waals surface area contributed by atoms with Crippen LogP contribution in [-0.2, 0) is 15.9 Å². The van der Waals surface area contributed by atoms with E-state index < -0.39 is 6.10 Å². The lowest BCUT2D eigenvalue weighted by molar-refractivity contribution is -0.131. The topological polar surface area (TPSA) is 38.7 Å². The Labute approximate surface area is 102 Å². The number of ether oxygens (including phenoxy) is 2. The molecule has 1 fully saturated rings. The maximum absolute atomic E-state index is 10.1. The van der Waals surface area contributed by atoms with E-state index in [0.717, 1.165) is 5.56 Å². The van der Waals surface area contributed by atoms with Gasteiger partial charge in [0.15, 0.2) is 0 Å². The first-order valence-corrected chi connectivity index (χ1v) is 6.10. The van der Waals surface area contributed by atoms with Crippen LogP contribution in [0.1, 0.15) is 16.7 Å². The van der Waals surface area contributed by atoms with Crippen LogP contribution in [0.4, 0.5) is 0 Å². The monoisotopic (exact) mass is 236 g/mol. The standard InChI is InChI=1S/C14H20O3/c1-10-5-11(2)7-12(6-10)8-13(15)14-9-16-3-4-17-14/h5-7,13-15H,3-4,8-9H2,1-2H3. The molecule has 0 aromatic heterocycles. The number of aliphatic hydroxyl groups is 1. The number of benzene rings is 1. The molecule has 0 saturated carbocycles. The molecule has 2 atom stereocenters. The average molecular weight is 236 g/mol. The van der Waals surface area contributed by atoms with E-state index in [-0.39, 0.29) is 6.10 Å². The van der Waals surface area contributed by atoms with Gasteiger partial charge >= 0.3 is 0 Å². The van der Waals surface area contributed by atoms with Crippen molar-refractivity contribution in [1.82, 2.24) is 0 Å². The van der Waals surface area contributed by atoms with E-state index in [4.69, 9.17) is 9.47 Å². The first-order valence-electron chi connectivity index (χ1n) is 6.10. The number of hydrogen-bond acceptors (Lipinski definition) is 3. The summed E-state index contributed by atoms with van der Waals surface area (Å²) in [6.45, 7) is 5.85. The minimum atomic E-state index is -0.489. The highest BCUT2D eigenvalue weighted by Gasteiger charge is 2.23.